The van der Waals surface area contributed by atoms with Crippen LogP contribution in [0.15, 0.2) is 24.7 Å². The molecule has 3 heterocycles. The van der Waals surface area contributed by atoms with E-state index in [0.717, 1.165) is 0 Å². The van der Waals surface area contributed by atoms with E-state index >= 15 is 0 Å². The van der Waals surface area contributed by atoms with Gasteiger partial charge in [0.15, 0.2) is 0 Å². The molecule has 3 rings (SSSR count). The zero-order valence-electron chi connectivity index (χ0n) is 17.4. The number of anilines is 3. The number of halogens is 1. The predicted molar refractivity (Wildman–Crippen MR) is 113 cm³/mol. The van der Waals surface area contributed by atoms with E-state index in [4.69, 9.17) is 0 Å². The number of amides is 2. The fourth-order valence-electron chi connectivity index (χ4n) is 3.21. The van der Waals surface area contributed by atoms with Gasteiger partial charge in [0, 0.05) is 33.0 Å². The third-order valence-electron chi connectivity index (χ3n) is 5.14. The summed E-state index contributed by atoms with van der Waals surface area (Å²) in [7, 11) is 3.37. The van der Waals surface area contributed by atoms with E-state index in [1.807, 2.05) is 13.8 Å². The second-order valence-electron chi connectivity index (χ2n) is 7.52. The van der Waals surface area contributed by atoms with Crippen LogP contribution >= 0.6 is 12.4 Å². The van der Waals surface area contributed by atoms with Crippen LogP contribution in [-0.4, -0.2) is 57.1 Å². The van der Waals surface area contributed by atoms with E-state index in [-0.39, 0.29) is 36.7 Å². The summed E-state index contributed by atoms with van der Waals surface area (Å²) in [6.45, 7) is 4.33. The number of carbonyl (C=O) groups is 2. The fourth-order valence-corrected chi connectivity index (χ4v) is 3.21. The highest BCUT2D eigenvalue weighted by molar-refractivity contribution is 6.01. The second-order valence-corrected chi connectivity index (χ2v) is 7.52. The van der Waals surface area contributed by atoms with Crippen LogP contribution < -0.4 is 10.2 Å². The topological polar surface area (TPSA) is 120 Å². The van der Waals surface area contributed by atoms with Crippen LogP contribution in [0.25, 0.3) is 0 Å². The first kappa shape index (κ1) is 23.1. The second kappa shape index (κ2) is 9.09. The molecule has 30 heavy (non-hydrogen) atoms. The Labute approximate surface area is 181 Å². The summed E-state index contributed by atoms with van der Waals surface area (Å²) in [6.07, 6.45) is 5.27. The summed E-state index contributed by atoms with van der Waals surface area (Å²) in [5.74, 6) is 0.361. The number of rotatable bonds is 6. The maximum Gasteiger partial charge on any atom is 0.248 e. The minimum absolute atomic E-state index is 0. The highest BCUT2D eigenvalue weighted by Crippen LogP contribution is 2.40. The summed E-state index contributed by atoms with van der Waals surface area (Å²) < 4.78 is 1.52. The van der Waals surface area contributed by atoms with Gasteiger partial charge in [0.1, 0.15) is 17.8 Å². The molecule has 1 saturated heterocycles. The molecule has 1 N–H and O–H groups in total. The SMILES string of the molecule is CC(C)[C@]1(C#N)CCN(c2ccnc(Nc3cnn(CC(=O)N(C)C)c3)n2)C1=O.Cl. The number of nitrogens with zero attached hydrogens (tertiary/aromatic N) is 7. The normalized spacial score (nSPS) is 18.1. The maximum absolute atomic E-state index is 12.9. The molecular formula is C19H25ClN8O2. The minimum atomic E-state index is -1.02. The van der Waals surface area contributed by atoms with Gasteiger partial charge in [-0.25, -0.2) is 4.98 Å². The number of hydrogen-bond donors (Lipinski definition) is 1. The molecular weight excluding hydrogens is 408 g/mol. The Morgan fingerprint density at radius 2 is 2.17 bits per heavy atom. The molecule has 0 saturated carbocycles. The zero-order valence-corrected chi connectivity index (χ0v) is 18.2. The van der Waals surface area contributed by atoms with E-state index in [1.54, 1.807) is 38.8 Å². The molecule has 160 valence electrons. The van der Waals surface area contributed by atoms with Gasteiger partial charge < -0.3 is 10.2 Å². The van der Waals surface area contributed by atoms with Gasteiger partial charge in [-0.2, -0.15) is 15.3 Å². The van der Waals surface area contributed by atoms with E-state index in [9.17, 15) is 14.9 Å². The monoisotopic (exact) mass is 432 g/mol. The molecule has 0 spiro atoms. The minimum Gasteiger partial charge on any atom is -0.347 e. The lowest BCUT2D eigenvalue weighted by molar-refractivity contribution is -0.129. The van der Waals surface area contributed by atoms with Gasteiger partial charge in [-0.1, -0.05) is 13.8 Å². The molecule has 1 atom stereocenters. The molecule has 1 aliphatic rings. The molecule has 0 radical (unpaired) electrons. The van der Waals surface area contributed by atoms with Gasteiger partial charge in [0.05, 0.1) is 18.0 Å². The fraction of sp³-hybridized carbons (Fsp3) is 0.474. The lowest BCUT2D eigenvalue weighted by Crippen LogP contribution is -2.37. The first-order valence-corrected chi connectivity index (χ1v) is 9.32. The Bertz CT molecular complexity index is 967. The molecule has 1 aliphatic heterocycles. The molecule has 10 nitrogen and oxygen atoms in total. The van der Waals surface area contributed by atoms with Crippen molar-refractivity contribution >= 4 is 41.7 Å². The Morgan fingerprint density at radius 3 is 2.77 bits per heavy atom. The largest absolute Gasteiger partial charge is 0.347 e. The van der Waals surface area contributed by atoms with Crippen LogP contribution in [0.1, 0.15) is 20.3 Å². The predicted octanol–water partition coefficient (Wildman–Crippen LogP) is 1.83. The smallest absolute Gasteiger partial charge is 0.248 e. The van der Waals surface area contributed by atoms with E-state index in [2.05, 4.69) is 26.5 Å². The molecule has 0 aromatic carbocycles. The summed E-state index contributed by atoms with van der Waals surface area (Å²) >= 11 is 0. The zero-order chi connectivity index (χ0) is 21.2. The molecule has 0 bridgehead atoms. The van der Waals surface area contributed by atoms with Gasteiger partial charge in [0.25, 0.3) is 0 Å². The third kappa shape index (κ3) is 4.36. The Kier molecular flexibility index (Phi) is 7.00. The standard InChI is InChI=1S/C19H24N8O2.ClH/c1-13(2)19(12-20)6-8-27(17(19)29)15-5-7-21-18(24-15)23-14-9-22-26(10-14)11-16(28)25(3)4;/h5,7,9-10,13H,6,8,11H2,1-4H3,(H,21,23,24);1H/t19-;/m1./s1. The number of nitriles is 1. The van der Waals surface area contributed by atoms with Crippen LogP contribution in [0.2, 0.25) is 0 Å². The van der Waals surface area contributed by atoms with Crippen molar-refractivity contribution in [3.8, 4) is 6.07 Å². The summed E-state index contributed by atoms with van der Waals surface area (Å²) in [5, 5.41) is 16.8. The number of likely N-dealkylation sites (N-methyl/N-ethyl adjacent to an activating group) is 1. The van der Waals surface area contributed by atoms with Crippen molar-refractivity contribution < 1.29 is 9.59 Å². The quantitative estimate of drug-likeness (QED) is 0.739. The van der Waals surface area contributed by atoms with Crippen LogP contribution in [0.4, 0.5) is 17.5 Å². The van der Waals surface area contributed by atoms with Gasteiger partial charge in [-0.15, -0.1) is 12.4 Å². The third-order valence-corrected chi connectivity index (χ3v) is 5.14. The van der Waals surface area contributed by atoms with Gasteiger partial charge in [-0.3, -0.25) is 19.2 Å². The van der Waals surface area contributed by atoms with E-state index in [0.29, 0.717) is 30.4 Å². The van der Waals surface area contributed by atoms with Gasteiger partial charge >= 0.3 is 0 Å². The maximum atomic E-state index is 12.9. The Balaban J connectivity index is 0.00000320. The van der Waals surface area contributed by atoms with Crippen LogP contribution in [0.3, 0.4) is 0 Å². The summed E-state index contributed by atoms with van der Waals surface area (Å²) in [5.41, 5.74) is -0.395. The van der Waals surface area contributed by atoms with Crippen LogP contribution in [0, 0.1) is 22.7 Å². The molecule has 0 unspecified atom stereocenters. The Morgan fingerprint density at radius 1 is 1.43 bits per heavy atom. The van der Waals surface area contributed by atoms with Crippen molar-refractivity contribution in [3.63, 3.8) is 0 Å². The molecule has 2 amide bonds. The first-order valence-electron chi connectivity index (χ1n) is 9.32. The van der Waals surface area contributed by atoms with Gasteiger partial charge in [-0.05, 0) is 18.4 Å². The lowest BCUT2D eigenvalue weighted by atomic mass is 9.77. The summed E-state index contributed by atoms with van der Waals surface area (Å²) in [4.78, 5) is 36.3. The van der Waals surface area contributed by atoms with Crippen molar-refractivity contribution in [1.82, 2.24) is 24.6 Å². The molecule has 11 heteroatoms. The van der Waals surface area contributed by atoms with E-state index < -0.39 is 5.41 Å². The number of carbonyl (C=O) groups excluding carboxylic acids is 2. The first-order chi connectivity index (χ1) is 13.8. The van der Waals surface area contributed by atoms with Crippen molar-refractivity contribution in [3.05, 3.63) is 24.7 Å². The average Bonchev–Trinajstić information content (AvgIpc) is 3.26. The highest BCUT2D eigenvalue weighted by atomic mass is 35.5. The number of nitrogens with one attached hydrogen (secondary N) is 1. The molecule has 0 aliphatic carbocycles. The Hall–Kier alpha value is -3.19. The average molecular weight is 433 g/mol. The molecule has 1 fully saturated rings. The van der Waals surface area contributed by atoms with Crippen LogP contribution in [-0.2, 0) is 16.1 Å². The number of hydrogen-bond acceptors (Lipinski definition) is 7. The van der Waals surface area contributed by atoms with Crippen LogP contribution in [0.5, 0.6) is 0 Å². The van der Waals surface area contributed by atoms with Gasteiger partial charge in [0.2, 0.25) is 17.8 Å². The summed E-state index contributed by atoms with van der Waals surface area (Å²) in [6, 6.07) is 3.86. The molecule has 2 aromatic heterocycles. The van der Waals surface area contributed by atoms with Crippen molar-refractivity contribution in [2.24, 2.45) is 11.3 Å². The van der Waals surface area contributed by atoms with Crippen molar-refractivity contribution in [1.29, 1.82) is 5.26 Å². The highest BCUT2D eigenvalue weighted by Gasteiger charge is 2.50. The number of aromatic nitrogens is 4. The van der Waals surface area contributed by atoms with Crippen molar-refractivity contribution in [2.75, 3.05) is 30.9 Å². The van der Waals surface area contributed by atoms with Crippen molar-refractivity contribution in [2.45, 2.75) is 26.8 Å². The lowest BCUT2D eigenvalue weighted by Gasteiger charge is -2.24. The molecule has 2 aromatic rings. The van der Waals surface area contributed by atoms with E-state index in [1.165, 1.54) is 14.5 Å².